The monoisotopic (exact) mass is 348 g/mol. The summed E-state index contributed by atoms with van der Waals surface area (Å²) in [7, 11) is 0. The highest BCUT2D eigenvalue weighted by molar-refractivity contribution is 5.94. The fraction of sp³-hybridized carbons (Fsp3) is 0.579. The average Bonchev–Trinajstić information content (AvgIpc) is 3.20. The van der Waals surface area contributed by atoms with Crippen molar-refractivity contribution >= 4 is 11.8 Å². The highest BCUT2D eigenvalue weighted by Crippen LogP contribution is 2.51. The maximum absolute atomic E-state index is 13.1. The SMILES string of the molecule is O=C(c1ccccc1)N1CC[C@]2(CCC[C@@H]2C(=O)N2CC(F)(F)C2)C1. The van der Waals surface area contributed by atoms with Crippen LogP contribution < -0.4 is 0 Å². The zero-order chi connectivity index (χ0) is 17.7. The Kier molecular flexibility index (Phi) is 3.81. The summed E-state index contributed by atoms with van der Waals surface area (Å²) in [4.78, 5) is 28.5. The quantitative estimate of drug-likeness (QED) is 0.825. The normalized spacial score (nSPS) is 30.6. The third-order valence-corrected chi connectivity index (χ3v) is 6.05. The third kappa shape index (κ3) is 2.81. The molecule has 134 valence electrons. The van der Waals surface area contributed by atoms with Crippen LogP contribution in [0.25, 0.3) is 0 Å². The van der Waals surface area contributed by atoms with Gasteiger partial charge >= 0.3 is 0 Å². The number of rotatable bonds is 2. The molecule has 0 bridgehead atoms. The lowest BCUT2D eigenvalue weighted by atomic mass is 9.76. The number of carbonyl (C=O) groups excluding carboxylic acids is 2. The maximum Gasteiger partial charge on any atom is 0.282 e. The molecule has 0 N–H and O–H groups in total. The molecular formula is C19H22F2N2O2. The molecule has 1 aromatic rings. The van der Waals surface area contributed by atoms with Crippen LogP contribution in [-0.4, -0.2) is 53.7 Å². The molecule has 3 fully saturated rings. The van der Waals surface area contributed by atoms with Gasteiger partial charge in [0, 0.05) is 30.0 Å². The standard InChI is InChI=1S/C19H22F2N2O2/c20-19(21)12-23(13-19)17(25)15-7-4-8-18(15)9-10-22(11-18)16(24)14-5-2-1-3-6-14/h1-3,5-6,15H,4,7-13H2/t15-,18-/m1/s1. The molecule has 2 heterocycles. The minimum Gasteiger partial charge on any atom is -0.338 e. The Morgan fingerprint density at radius 3 is 2.40 bits per heavy atom. The smallest absolute Gasteiger partial charge is 0.282 e. The molecule has 4 nitrogen and oxygen atoms in total. The van der Waals surface area contributed by atoms with E-state index in [0.717, 1.165) is 25.7 Å². The lowest BCUT2D eigenvalue weighted by Crippen LogP contribution is -2.60. The molecule has 1 saturated carbocycles. The molecule has 1 aromatic carbocycles. The van der Waals surface area contributed by atoms with Crippen molar-refractivity contribution in [3.63, 3.8) is 0 Å². The number of amides is 2. The van der Waals surface area contributed by atoms with Crippen LogP contribution >= 0.6 is 0 Å². The Hall–Kier alpha value is -1.98. The number of halogens is 2. The molecule has 2 saturated heterocycles. The summed E-state index contributed by atoms with van der Waals surface area (Å²) < 4.78 is 26.2. The van der Waals surface area contributed by atoms with Gasteiger partial charge in [0.15, 0.2) is 0 Å². The van der Waals surface area contributed by atoms with Gasteiger partial charge in [0.05, 0.1) is 13.1 Å². The topological polar surface area (TPSA) is 40.6 Å². The summed E-state index contributed by atoms with van der Waals surface area (Å²) in [6, 6.07) is 9.15. The van der Waals surface area contributed by atoms with E-state index in [0.29, 0.717) is 18.7 Å². The number of alkyl halides is 2. The van der Waals surface area contributed by atoms with Gasteiger partial charge in [-0.15, -0.1) is 0 Å². The Morgan fingerprint density at radius 2 is 1.72 bits per heavy atom. The van der Waals surface area contributed by atoms with Crippen molar-refractivity contribution in [3.05, 3.63) is 35.9 Å². The third-order valence-electron chi connectivity index (χ3n) is 6.05. The van der Waals surface area contributed by atoms with Crippen molar-refractivity contribution in [2.24, 2.45) is 11.3 Å². The predicted octanol–water partition coefficient (Wildman–Crippen LogP) is 2.80. The van der Waals surface area contributed by atoms with E-state index >= 15 is 0 Å². The van der Waals surface area contributed by atoms with E-state index in [4.69, 9.17) is 0 Å². The minimum absolute atomic E-state index is 0.00828. The molecule has 2 amide bonds. The first-order valence-electron chi connectivity index (χ1n) is 8.91. The van der Waals surface area contributed by atoms with Crippen LogP contribution in [0.15, 0.2) is 30.3 Å². The Labute approximate surface area is 145 Å². The van der Waals surface area contributed by atoms with E-state index in [-0.39, 0.29) is 23.1 Å². The summed E-state index contributed by atoms with van der Waals surface area (Å²) in [5.41, 5.74) is 0.426. The van der Waals surface area contributed by atoms with Gasteiger partial charge in [-0.3, -0.25) is 9.59 Å². The molecule has 2 atom stereocenters. The van der Waals surface area contributed by atoms with E-state index < -0.39 is 19.0 Å². The molecule has 1 spiro atoms. The summed E-state index contributed by atoms with van der Waals surface area (Å²) in [6.45, 7) is 0.283. The lowest BCUT2D eigenvalue weighted by molar-refractivity contribution is -0.172. The molecule has 6 heteroatoms. The van der Waals surface area contributed by atoms with Crippen LogP contribution in [0.2, 0.25) is 0 Å². The molecule has 0 radical (unpaired) electrons. The van der Waals surface area contributed by atoms with Crippen molar-refractivity contribution < 1.29 is 18.4 Å². The van der Waals surface area contributed by atoms with Crippen LogP contribution in [0.3, 0.4) is 0 Å². The molecule has 4 rings (SSSR count). The number of likely N-dealkylation sites (tertiary alicyclic amines) is 2. The zero-order valence-corrected chi connectivity index (χ0v) is 14.1. The van der Waals surface area contributed by atoms with Crippen LogP contribution in [-0.2, 0) is 4.79 Å². The van der Waals surface area contributed by atoms with Crippen molar-refractivity contribution in [1.29, 1.82) is 0 Å². The predicted molar refractivity (Wildman–Crippen MR) is 88.3 cm³/mol. The van der Waals surface area contributed by atoms with Crippen molar-refractivity contribution in [1.82, 2.24) is 9.80 Å². The molecule has 25 heavy (non-hydrogen) atoms. The molecular weight excluding hydrogens is 326 g/mol. The van der Waals surface area contributed by atoms with Gasteiger partial charge in [-0.1, -0.05) is 24.6 Å². The van der Waals surface area contributed by atoms with Gasteiger partial charge in [-0.05, 0) is 31.4 Å². The zero-order valence-electron chi connectivity index (χ0n) is 14.1. The van der Waals surface area contributed by atoms with Gasteiger partial charge in [-0.2, -0.15) is 0 Å². The molecule has 0 unspecified atom stereocenters. The van der Waals surface area contributed by atoms with Crippen molar-refractivity contribution in [3.8, 4) is 0 Å². The lowest BCUT2D eigenvalue weighted by Gasteiger charge is -2.42. The molecule has 1 aliphatic carbocycles. The maximum atomic E-state index is 13.1. The summed E-state index contributed by atoms with van der Waals surface area (Å²) in [6.07, 6.45) is 3.35. The second-order valence-electron chi connectivity index (χ2n) is 7.70. The van der Waals surface area contributed by atoms with Gasteiger partial charge in [0.1, 0.15) is 0 Å². The molecule has 0 aromatic heterocycles. The van der Waals surface area contributed by atoms with Gasteiger partial charge in [0.2, 0.25) is 5.91 Å². The van der Waals surface area contributed by atoms with Crippen LogP contribution in [0, 0.1) is 11.3 Å². The van der Waals surface area contributed by atoms with Crippen LogP contribution in [0.5, 0.6) is 0 Å². The second kappa shape index (κ2) is 5.78. The van der Waals surface area contributed by atoms with Gasteiger partial charge < -0.3 is 9.80 Å². The van der Waals surface area contributed by atoms with E-state index in [9.17, 15) is 18.4 Å². The Morgan fingerprint density at radius 1 is 1.00 bits per heavy atom. The highest BCUT2D eigenvalue weighted by Gasteiger charge is 2.55. The van der Waals surface area contributed by atoms with Crippen molar-refractivity contribution in [2.75, 3.05) is 26.2 Å². The average molecular weight is 348 g/mol. The number of hydrogen-bond donors (Lipinski definition) is 0. The summed E-state index contributed by atoms with van der Waals surface area (Å²) >= 11 is 0. The first kappa shape index (κ1) is 16.5. The van der Waals surface area contributed by atoms with Crippen LogP contribution in [0.4, 0.5) is 8.78 Å². The van der Waals surface area contributed by atoms with Gasteiger partial charge in [0.25, 0.3) is 11.8 Å². The fourth-order valence-electron chi connectivity index (χ4n) is 4.73. The van der Waals surface area contributed by atoms with E-state index in [1.807, 2.05) is 23.1 Å². The minimum atomic E-state index is -2.73. The van der Waals surface area contributed by atoms with E-state index in [1.165, 1.54) is 4.90 Å². The Balaban J connectivity index is 1.47. The molecule has 3 aliphatic rings. The molecule has 2 aliphatic heterocycles. The summed E-state index contributed by atoms with van der Waals surface area (Å²) in [5.74, 6) is -3.10. The van der Waals surface area contributed by atoms with Gasteiger partial charge in [-0.25, -0.2) is 8.78 Å². The fourth-order valence-corrected chi connectivity index (χ4v) is 4.73. The van der Waals surface area contributed by atoms with Crippen LogP contribution in [0.1, 0.15) is 36.0 Å². The second-order valence-corrected chi connectivity index (χ2v) is 7.70. The Bertz CT molecular complexity index is 686. The number of nitrogens with zero attached hydrogens (tertiary/aromatic N) is 2. The number of carbonyl (C=O) groups is 2. The summed E-state index contributed by atoms with van der Waals surface area (Å²) in [5, 5.41) is 0. The highest BCUT2D eigenvalue weighted by atomic mass is 19.3. The van der Waals surface area contributed by atoms with Crippen molar-refractivity contribution in [2.45, 2.75) is 31.6 Å². The first-order valence-corrected chi connectivity index (χ1v) is 8.91. The largest absolute Gasteiger partial charge is 0.338 e. The number of benzene rings is 1. The number of hydrogen-bond acceptors (Lipinski definition) is 2. The van der Waals surface area contributed by atoms with E-state index in [1.54, 1.807) is 12.1 Å². The van der Waals surface area contributed by atoms with E-state index in [2.05, 4.69) is 0 Å². The first-order chi connectivity index (χ1) is 11.9.